The molecule has 0 aliphatic carbocycles. The van der Waals surface area contributed by atoms with E-state index in [0.717, 1.165) is 34.7 Å². The molecule has 0 saturated carbocycles. The maximum Gasteiger partial charge on any atom is 0.251 e. The Bertz CT molecular complexity index is 960. The number of benzene rings is 1. The number of aromatic nitrogens is 1. The largest absolute Gasteiger partial charge is 0.488 e. The normalized spacial score (nSPS) is 15.7. The molecule has 0 saturated heterocycles. The van der Waals surface area contributed by atoms with Gasteiger partial charge >= 0.3 is 0 Å². The molecule has 0 fully saturated rings. The van der Waals surface area contributed by atoms with Gasteiger partial charge < -0.3 is 19.9 Å². The first-order chi connectivity index (χ1) is 13.4. The number of ether oxygens (including phenoxy) is 1. The second-order valence-corrected chi connectivity index (χ2v) is 7.20. The molecule has 1 atom stereocenters. The summed E-state index contributed by atoms with van der Waals surface area (Å²) in [7, 11) is 3.88. The monoisotopic (exact) mass is 381 g/mol. The van der Waals surface area contributed by atoms with Crippen molar-refractivity contribution in [3.63, 3.8) is 0 Å². The first-order valence-corrected chi connectivity index (χ1v) is 9.53. The average Bonchev–Trinajstić information content (AvgIpc) is 3.15. The number of carbonyl (C=O) groups is 1. The van der Waals surface area contributed by atoms with E-state index in [-0.39, 0.29) is 17.6 Å². The summed E-state index contributed by atoms with van der Waals surface area (Å²) in [6.45, 7) is 4.19. The van der Waals surface area contributed by atoms with Crippen molar-refractivity contribution in [2.75, 3.05) is 25.5 Å². The number of carbonyl (C=O) groups excluding carboxylic acids is 1. The Morgan fingerprint density at radius 3 is 2.82 bits per heavy atom. The molecule has 2 heterocycles. The fourth-order valence-electron chi connectivity index (χ4n) is 3.30. The molecular weight excluding hydrogens is 354 g/mol. The zero-order chi connectivity index (χ0) is 20.3. The van der Waals surface area contributed by atoms with Crippen LogP contribution < -0.4 is 15.8 Å². The van der Waals surface area contributed by atoms with Gasteiger partial charge in [0.05, 0.1) is 6.54 Å². The van der Waals surface area contributed by atoms with Crippen LogP contribution in [0.25, 0.3) is 0 Å². The lowest BCUT2D eigenvalue weighted by atomic mass is 10.0. The number of nitrogens with zero attached hydrogens (tertiary/aromatic N) is 1. The fraction of sp³-hybridized carbons (Fsp3) is 0.364. The van der Waals surface area contributed by atoms with Crippen molar-refractivity contribution in [1.82, 2.24) is 10.3 Å². The van der Waals surface area contributed by atoms with E-state index in [1.165, 1.54) is 0 Å². The Morgan fingerprint density at radius 2 is 2.11 bits per heavy atom. The number of aromatic amines is 1. The Morgan fingerprint density at radius 1 is 1.32 bits per heavy atom. The van der Waals surface area contributed by atoms with Gasteiger partial charge in [0.15, 0.2) is 0 Å². The van der Waals surface area contributed by atoms with Gasteiger partial charge in [0.1, 0.15) is 11.9 Å². The summed E-state index contributed by atoms with van der Waals surface area (Å²) in [5, 5.41) is 2.92. The number of nitrogens with one attached hydrogen (secondary N) is 2. The van der Waals surface area contributed by atoms with Crippen molar-refractivity contribution in [2.24, 2.45) is 0 Å². The Balaban J connectivity index is 1.62. The van der Waals surface area contributed by atoms with E-state index in [9.17, 15) is 9.59 Å². The number of H-pyrrole nitrogens is 1. The molecule has 2 N–H and O–H groups in total. The van der Waals surface area contributed by atoms with E-state index >= 15 is 0 Å². The molecule has 6 nitrogen and oxygen atoms in total. The van der Waals surface area contributed by atoms with Gasteiger partial charge in [-0.3, -0.25) is 9.59 Å². The fourth-order valence-corrected chi connectivity index (χ4v) is 3.30. The summed E-state index contributed by atoms with van der Waals surface area (Å²) in [6, 6.07) is 9.42. The standard InChI is InChI=1S/C22H27N3O3/c1-5-15-12-19(14(2)24-22(15)27)20-10-9-18(28-20)13-23-21(26)16-7-6-8-17(11-16)25(3)4/h6-9,11-12,20H,5,10,13H2,1-4H3,(H,23,26)(H,24,27). The Labute approximate surface area is 165 Å². The molecule has 0 bridgehead atoms. The van der Waals surface area contributed by atoms with Crippen LogP contribution in [-0.4, -0.2) is 31.5 Å². The van der Waals surface area contributed by atoms with E-state index in [1.807, 2.05) is 63.2 Å². The topological polar surface area (TPSA) is 74.4 Å². The van der Waals surface area contributed by atoms with E-state index in [2.05, 4.69) is 10.3 Å². The summed E-state index contributed by atoms with van der Waals surface area (Å²) in [4.78, 5) is 29.2. The second kappa shape index (κ2) is 8.33. The van der Waals surface area contributed by atoms with Crippen LogP contribution in [0.2, 0.25) is 0 Å². The summed E-state index contributed by atoms with van der Waals surface area (Å²) >= 11 is 0. The molecule has 1 amide bonds. The molecule has 3 rings (SSSR count). The molecule has 0 radical (unpaired) electrons. The number of pyridine rings is 1. The van der Waals surface area contributed by atoms with Crippen LogP contribution in [0.15, 0.2) is 47.0 Å². The molecule has 2 aromatic rings. The van der Waals surface area contributed by atoms with Crippen molar-refractivity contribution in [3.05, 3.63) is 74.9 Å². The highest BCUT2D eigenvalue weighted by atomic mass is 16.5. The SMILES string of the molecule is CCc1cc(C2CC=C(CNC(=O)c3cccc(N(C)C)c3)O2)c(C)[nH]c1=O. The number of amides is 1. The molecule has 1 aliphatic heterocycles. The quantitative estimate of drug-likeness (QED) is 0.806. The maximum atomic E-state index is 12.5. The molecular formula is C22H27N3O3. The molecule has 1 aromatic heterocycles. The predicted octanol–water partition coefficient (Wildman–Crippen LogP) is 3.09. The van der Waals surface area contributed by atoms with Gasteiger partial charge in [-0.2, -0.15) is 0 Å². The smallest absolute Gasteiger partial charge is 0.251 e. The van der Waals surface area contributed by atoms with Gasteiger partial charge in [0, 0.05) is 48.6 Å². The molecule has 1 unspecified atom stereocenters. The Kier molecular flexibility index (Phi) is 5.87. The number of hydrogen-bond donors (Lipinski definition) is 2. The van der Waals surface area contributed by atoms with Crippen LogP contribution in [-0.2, 0) is 11.2 Å². The minimum absolute atomic E-state index is 0.0397. The highest BCUT2D eigenvalue weighted by molar-refractivity contribution is 5.95. The first-order valence-electron chi connectivity index (χ1n) is 9.53. The predicted molar refractivity (Wildman–Crippen MR) is 111 cm³/mol. The maximum absolute atomic E-state index is 12.5. The van der Waals surface area contributed by atoms with Crippen molar-refractivity contribution in [2.45, 2.75) is 32.8 Å². The number of aryl methyl sites for hydroxylation is 2. The van der Waals surface area contributed by atoms with Crippen molar-refractivity contribution < 1.29 is 9.53 Å². The summed E-state index contributed by atoms with van der Waals surface area (Å²) < 4.78 is 6.03. The van der Waals surface area contributed by atoms with Crippen LogP contribution in [0, 0.1) is 6.92 Å². The van der Waals surface area contributed by atoms with Gasteiger partial charge in [0.2, 0.25) is 0 Å². The molecule has 1 aromatic carbocycles. The highest BCUT2D eigenvalue weighted by Gasteiger charge is 2.23. The van der Waals surface area contributed by atoms with Crippen molar-refractivity contribution in [1.29, 1.82) is 0 Å². The average molecular weight is 381 g/mol. The third-order valence-electron chi connectivity index (χ3n) is 4.98. The third kappa shape index (κ3) is 4.27. The van der Waals surface area contributed by atoms with Crippen molar-refractivity contribution in [3.8, 4) is 0 Å². The summed E-state index contributed by atoms with van der Waals surface area (Å²) in [6.07, 6.45) is 3.26. The zero-order valence-electron chi connectivity index (χ0n) is 16.8. The van der Waals surface area contributed by atoms with Gasteiger partial charge in [0.25, 0.3) is 11.5 Å². The lowest BCUT2D eigenvalue weighted by Gasteiger charge is -2.17. The molecule has 28 heavy (non-hydrogen) atoms. The van der Waals surface area contributed by atoms with Crippen LogP contribution in [0.5, 0.6) is 0 Å². The first kappa shape index (κ1) is 19.7. The summed E-state index contributed by atoms with van der Waals surface area (Å²) in [5.74, 6) is 0.607. The van der Waals surface area contributed by atoms with Crippen LogP contribution in [0.3, 0.4) is 0 Å². The highest BCUT2D eigenvalue weighted by Crippen LogP contribution is 2.32. The van der Waals surface area contributed by atoms with E-state index < -0.39 is 0 Å². The minimum Gasteiger partial charge on any atom is -0.488 e. The Hall–Kier alpha value is -3.02. The molecule has 0 spiro atoms. The lowest BCUT2D eigenvalue weighted by Crippen LogP contribution is -2.26. The van der Waals surface area contributed by atoms with Gasteiger partial charge in [-0.25, -0.2) is 0 Å². The molecule has 148 valence electrons. The third-order valence-corrected chi connectivity index (χ3v) is 4.98. The lowest BCUT2D eigenvalue weighted by molar-refractivity contribution is 0.0934. The van der Waals surface area contributed by atoms with Gasteiger partial charge in [-0.1, -0.05) is 13.0 Å². The summed E-state index contributed by atoms with van der Waals surface area (Å²) in [5.41, 5.74) is 4.13. The minimum atomic E-state index is -0.134. The van der Waals surface area contributed by atoms with Crippen LogP contribution in [0.4, 0.5) is 5.69 Å². The van der Waals surface area contributed by atoms with Gasteiger partial charge in [-0.05, 0) is 43.7 Å². The second-order valence-electron chi connectivity index (χ2n) is 7.20. The van der Waals surface area contributed by atoms with Crippen LogP contribution in [0.1, 0.15) is 46.6 Å². The number of hydrogen-bond acceptors (Lipinski definition) is 4. The van der Waals surface area contributed by atoms with E-state index in [0.29, 0.717) is 18.5 Å². The van der Waals surface area contributed by atoms with Gasteiger partial charge in [-0.15, -0.1) is 0 Å². The zero-order valence-corrected chi connectivity index (χ0v) is 16.8. The number of rotatable bonds is 6. The number of anilines is 1. The van der Waals surface area contributed by atoms with Crippen molar-refractivity contribution >= 4 is 11.6 Å². The van der Waals surface area contributed by atoms with Crippen LogP contribution >= 0.6 is 0 Å². The molecule has 6 heteroatoms. The van der Waals surface area contributed by atoms with E-state index in [1.54, 1.807) is 6.07 Å². The molecule has 1 aliphatic rings. The van der Waals surface area contributed by atoms with E-state index in [4.69, 9.17) is 4.74 Å².